The molecule has 1 rings (SSSR count). The van der Waals surface area contributed by atoms with E-state index in [2.05, 4.69) is 24.0 Å². The maximum absolute atomic E-state index is 12.0. The van der Waals surface area contributed by atoms with Crippen LogP contribution >= 0.6 is 0 Å². The van der Waals surface area contributed by atoms with Gasteiger partial charge in [0.15, 0.2) is 0 Å². The fraction of sp³-hybridized carbons (Fsp3) is 1.00. The van der Waals surface area contributed by atoms with Crippen molar-refractivity contribution in [3.8, 4) is 0 Å². The van der Waals surface area contributed by atoms with Crippen LogP contribution < -0.4 is 10.1 Å². The predicted molar refractivity (Wildman–Crippen MR) is 73.2 cm³/mol. The Morgan fingerprint density at radius 1 is 1.39 bits per heavy atom. The van der Waals surface area contributed by atoms with Gasteiger partial charge in [-0.15, -0.1) is 4.83 Å². The standard InChI is InChI=1S/C11H26N4O2S/c1-10(2)12-8-11-6-5-7-15(9-11)18(16,17)13-14(3)4/h10-13H,5-9H2,1-4H3. The highest BCUT2D eigenvalue weighted by Crippen LogP contribution is 2.18. The Labute approximate surface area is 111 Å². The quantitative estimate of drug-likeness (QED) is 0.672. The maximum Gasteiger partial charge on any atom is 0.292 e. The lowest BCUT2D eigenvalue weighted by Crippen LogP contribution is -2.51. The van der Waals surface area contributed by atoms with E-state index in [0.29, 0.717) is 25.0 Å². The van der Waals surface area contributed by atoms with Gasteiger partial charge in [0.1, 0.15) is 0 Å². The summed E-state index contributed by atoms with van der Waals surface area (Å²) < 4.78 is 25.6. The molecule has 1 aliphatic rings. The second-order valence-corrected chi connectivity index (χ2v) is 7.07. The Balaban J connectivity index is 2.52. The molecule has 0 aliphatic carbocycles. The van der Waals surface area contributed by atoms with Crippen molar-refractivity contribution in [2.24, 2.45) is 5.92 Å². The fourth-order valence-corrected chi connectivity index (χ4v) is 3.46. The number of piperidine rings is 1. The van der Waals surface area contributed by atoms with Gasteiger partial charge in [0.05, 0.1) is 0 Å². The van der Waals surface area contributed by atoms with Gasteiger partial charge in [0, 0.05) is 33.2 Å². The Morgan fingerprint density at radius 3 is 2.61 bits per heavy atom. The number of hydrogen-bond donors (Lipinski definition) is 2. The van der Waals surface area contributed by atoms with Crippen LogP contribution in [0.25, 0.3) is 0 Å². The van der Waals surface area contributed by atoms with Crippen LogP contribution in [0.15, 0.2) is 0 Å². The minimum absolute atomic E-state index is 0.403. The first-order chi connectivity index (χ1) is 8.31. The van der Waals surface area contributed by atoms with Crippen molar-refractivity contribution in [1.29, 1.82) is 0 Å². The van der Waals surface area contributed by atoms with Gasteiger partial charge < -0.3 is 5.32 Å². The number of hydrogen-bond acceptors (Lipinski definition) is 4. The third-order valence-electron chi connectivity index (χ3n) is 2.93. The summed E-state index contributed by atoms with van der Waals surface area (Å²) in [6.07, 6.45) is 2.02. The smallest absolute Gasteiger partial charge is 0.292 e. The first-order valence-electron chi connectivity index (χ1n) is 6.49. The van der Waals surface area contributed by atoms with Crippen LogP contribution in [0, 0.1) is 5.92 Å². The van der Waals surface area contributed by atoms with Crippen LogP contribution in [0.5, 0.6) is 0 Å². The number of rotatable bonds is 6. The van der Waals surface area contributed by atoms with Gasteiger partial charge in [-0.25, -0.2) is 5.01 Å². The average Bonchev–Trinajstić information content (AvgIpc) is 2.25. The zero-order chi connectivity index (χ0) is 13.8. The second-order valence-electron chi connectivity index (χ2n) is 5.42. The molecule has 1 unspecified atom stereocenters. The molecule has 108 valence electrons. The molecule has 6 nitrogen and oxygen atoms in total. The summed E-state index contributed by atoms with van der Waals surface area (Å²) in [4.78, 5) is 2.49. The lowest BCUT2D eigenvalue weighted by Gasteiger charge is -2.33. The number of nitrogens with one attached hydrogen (secondary N) is 2. The lowest BCUT2D eigenvalue weighted by atomic mass is 9.99. The molecule has 0 aromatic heterocycles. The van der Waals surface area contributed by atoms with Crippen molar-refractivity contribution in [1.82, 2.24) is 19.5 Å². The van der Waals surface area contributed by atoms with Crippen LogP contribution in [0.1, 0.15) is 26.7 Å². The molecule has 7 heteroatoms. The van der Waals surface area contributed by atoms with E-state index in [1.807, 2.05) is 0 Å². The molecule has 0 aromatic rings. The summed E-state index contributed by atoms with van der Waals surface area (Å²) in [5.41, 5.74) is 0. The summed E-state index contributed by atoms with van der Waals surface area (Å²) >= 11 is 0. The van der Waals surface area contributed by atoms with Crippen molar-refractivity contribution in [2.45, 2.75) is 32.7 Å². The van der Waals surface area contributed by atoms with Crippen molar-refractivity contribution < 1.29 is 8.42 Å². The summed E-state index contributed by atoms with van der Waals surface area (Å²) in [7, 11) is -0.0129. The first kappa shape index (κ1) is 15.8. The highest BCUT2D eigenvalue weighted by atomic mass is 32.2. The Hall–Kier alpha value is -0.210. The van der Waals surface area contributed by atoms with Gasteiger partial charge in [-0.3, -0.25) is 0 Å². The second kappa shape index (κ2) is 6.81. The Bertz CT molecular complexity index is 343. The monoisotopic (exact) mass is 278 g/mol. The van der Waals surface area contributed by atoms with Crippen LogP contribution in [0.2, 0.25) is 0 Å². The number of hydrazine groups is 1. The molecule has 1 fully saturated rings. The van der Waals surface area contributed by atoms with E-state index in [-0.39, 0.29) is 0 Å². The third kappa shape index (κ3) is 5.19. The predicted octanol–water partition coefficient (Wildman–Crippen LogP) is 0.00740. The van der Waals surface area contributed by atoms with Crippen LogP contribution in [0.4, 0.5) is 0 Å². The van der Waals surface area contributed by atoms with Gasteiger partial charge in [0.25, 0.3) is 10.2 Å². The van der Waals surface area contributed by atoms with E-state index < -0.39 is 10.2 Å². The SMILES string of the molecule is CC(C)NCC1CCCN(S(=O)(=O)NN(C)C)C1. The molecule has 1 atom stereocenters. The van der Waals surface area contributed by atoms with Crippen LogP contribution in [0.3, 0.4) is 0 Å². The van der Waals surface area contributed by atoms with Crippen molar-refractivity contribution in [2.75, 3.05) is 33.7 Å². The zero-order valence-corrected chi connectivity index (χ0v) is 12.6. The summed E-state index contributed by atoms with van der Waals surface area (Å²) in [5.74, 6) is 0.403. The Morgan fingerprint density at radius 2 is 2.06 bits per heavy atom. The van der Waals surface area contributed by atoms with Crippen LogP contribution in [-0.4, -0.2) is 57.5 Å². The Kier molecular flexibility index (Phi) is 6.00. The normalized spacial score (nSPS) is 22.9. The maximum atomic E-state index is 12.0. The summed E-state index contributed by atoms with van der Waals surface area (Å²) in [6, 6.07) is 0.442. The van der Waals surface area contributed by atoms with Crippen LogP contribution in [-0.2, 0) is 10.2 Å². The minimum Gasteiger partial charge on any atom is -0.314 e. The molecule has 0 aromatic carbocycles. The van der Waals surface area contributed by atoms with Crippen molar-refractivity contribution in [3.63, 3.8) is 0 Å². The van der Waals surface area contributed by atoms with E-state index in [4.69, 9.17) is 0 Å². The average molecular weight is 278 g/mol. The largest absolute Gasteiger partial charge is 0.314 e. The molecule has 1 saturated heterocycles. The highest BCUT2D eigenvalue weighted by Gasteiger charge is 2.28. The van der Waals surface area contributed by atoms with Gasteiger partial charge in [-0.05, 0) is 25.3 Å². The molecule has 1 aliphatic heterocycles. The molecular weight excluding hydrogens is 252 g/mol. The van der Waals surface area contributed by atoms with Gasteiger partial charge >= 0.3 is 0 Å². The van der Waals surface area contributed by atoms with E-state index in [1.165, 1.54) is 5.01 Å². The van der Waals surface area contributed by atoms with Gasteiger partial charge in [-0.1, -0.05) is 13.8 Å². The van der Waals surface area contributed by atoms with E-state index in [9.17, 15) is 8.42 Å². The van der Waals surface area contributed by atoms with Crippen molar-refractivity contribution in [3.05, 3.63) is 0 Å². The van der Waals surface area contributed by atoms with E-state index in [1.54, 1.807) is 18.4 Å². The van der Waals surface area contributed by atoms with Gasteiger partial charge in [0.2, 0.25) is 0 Å². The highest BCUT2D eigenvalue weighted by molar-refractivity contribution is 7.87. The molecule has 0 spiro atoms. The first-order valence-corrected chi connectivity index (χ1v) is 7.93. The number of nitrogens with zero attached hydrogens (tertiary/aromatic N) is 2. The molecule has 1 heterocycles. The molecule has 0 amide bonds. The molecule has 0 saturated carbocycles. The topological polar surface area (TPSA) is 64.7 Å². The fourth-order valence-electron chi connectivity index (χ4n) is 2.10. The minimum atomic E-state index is -3.37. The molecule has 0 radical (unpaired) electrons. The third-order valence-corrected chi connectivity index (χ3v) is 4.54. The van der Waals surface area contributed by atoms with E-state index >= 15 is 0 Å². The van der Waals surface area contributed by atoms with Crippen molar-refractivity contribution >= 4 is 10.2 Å². The lowest BCUT2D eigenvalue weighted by molar-refractivity contribution is 0.243. The van der Waals surface area contributed by atoms with Gasteiger partial charge in [-0.2, -0.15) is 12.7 Å². The molecule has 2 N–H and O–H groups in total. The summed E-state index contributed by atoms with van der Waals surface area (Å²) in [5, 5.41) is 4.84. The molecule has 18 heavy (non-hydrogen) atoms. The zero-order valence-electron chi connectivity index (χ0n) is 11.8. The molecule has 0 bridgehead atoms. The van der Waals surface area contributed by atoms with E-state index in [0.717, 1.165) is 19.4 Å². The molecular formula is C11H26N4O2S. The summed E-state index contributed by atoms with van der Waals surface area (Å²) in [6.45, 7) is 6.30.